The summed E-state index contributed by atoms with van der Waals surface area (Å²) >= 11 is 1.53. The summed E-state index contributed by atoms with van der Waals surface area (Å²) in [6.45, 7) is 8.87. The number of hydrogen-bond donors (Lipinski definition) is 2. The maximum Gasteiger partial charge on any atom is 0.261 e. The predicted molar refractivity (Wildman–Crippen MR) is 90.0 cm³/mol. The van der Waals surface area contributed by atoms with Crippen molar-refractivity contribution in [2.24, 2.45) is 0 Å². The fourth-order valence-corrected chi connectivity index (χ4v) is 3.03. The van der Waals surface area contributed by atoms with Crippen LogP contribution in [0.15, 0.2) is 16.0 Å². The fourth-order valence-electron chi connectivity index (χ4n) is 2.13. The van der Waals surface area contributed by atoms with E-state index in [1.807, 2.05) is 25.3 Å². The SMILES string of the molecule is CCn1c(C)nnc1SCCNC(=O)c1cc(C)c(C)[nH]c1=O. The molecule has 7 nitrogen and oxygen atoms in total. The highest BCUT2D eigenvalue weighted by Crippen LogP contribution is 2.15. The normalized spacial score (nSPS) is 10.8. The van der Waals surface area contributed by atoms with Crippen LogP contribution in [0.4, 0.5) is 0 Å². The van der Waals surface area contributed by atoms with E-state index in [0.717, 1.165) is 28.8 Å². The standard InChI is InChI=1S/C15H21N5O2S/c1-5-20-11(4)18-19-15(20)23-7-6-16-13(21)12-8-9(2)10(3)17-14(12)22/h8H,5-7H2,1-4H3,(H,16,21)(H,17,22). The van der Waals surface area contributed by atoms with Crippen LogP contribution in [0.2, 0.25) is 0 Å². The molecule has 0 fully saturated rings. The molecule has 8 heteroatoms. The Morgan fingerprint density at radius 1 is 1.35 bits per heavy atom. The maximum absolute atomic E-state index is 12.1. The van der Waals surface area contributed by atoms with Crippen molar-refractivity contribution in [1.82, 2.24) is 25.1 Å². The molecule has 2 N–H and O–H groups in total. The third-order valence-electron chi connectivity index (χ3n) is 3.58. The number of amides is 1. The molecule has 0 spiro atoms. The Bertz CT molecular complexity index is 766. The molecule has 0 aliphatic heterocycles. The van der Waals surface area contributed by atoms with Gasteiger partial charge in [0.1, 0.15) is 11.4 Å². The van der Waals surface area contributed by atoms with Gasteiger partial charge in [-0.05, 0) is 39.3 Å². The summed E-state index contributed by atoms with van der Waals surface area (Å²) in [6, 6.07) is 1.62. The first kappa shape index (κ1) is 17.3. The number of carbonyl (C=O) groups is 1. The van der Waals surface area contributed by atoms with Crippen molar-refractivity contribution in [2.75, 3.05) is 12.3 Å². The number of hydrogen-bond acceptors (Lipinski definition) is 5. The highest BCUT2D eigenvalue weighted by molar-refractivity contribution is 7.99. The van der Waals surface area contributed by atoms with Gasteiger partial charge in [-0.1, -0.05) is 11.8 Å². The van der Waals surface area contributed by atoms with Crippen LogP contribution >= 0.6 is 11.8 Å². The molecule has 0 aliphatic rings. The summed E-state index contributed by atoms with van der Waals surface area (Å²) < 4.78 is 2.01. The van der Waals surface area contributed by atoms with E-state index in [-0.39, 0.29) is 17.0 Å². The molecule has 2 rings (SSSR count). The first-order chi connectivity index (χ1) is 10.9. The number of nitrogens with zero attached hydrogens (tertiary/aromatic N) is 3. The molecule has 0 unspecified atom stereocenters. The van der Waals surface area contributed by atoms with Gasteiger partial charge < -0.3 is 14.9 Å². The van der Waals surface area contributed by atoms with Crippen molar-refractivity contribution < 1.29 is 4.79 Å². The lowest BCUT2D eigenvalue weighted by Crippen LogP contribution is -2.31. The Labute approximate surface area is 138 Å². The van der Waals surface area contributed by atoms with Crippen LogP contribution in [0.5, 0.6) is 0 Å². The minimum absolute atomic E-state index is 0.144. The third kappa shape index (κ3) is 4.01. The van der Waals surface area contributed by atoms with Gasteiger partial charge in [0.15, 0.2) is 5.16 Å². The van der Waals surface area contributed by atoms with Crippen LogP contribution in [0.3, 0.4) is 0 Å². The highest BCUT2D eigenvalue weighted by Gasteiger charge is 2.12. The zero-order valence-corrected chi connectivity index (χ0v) is 14.6. The minimum Gasteiger partial charge on any atom is -0.351 e. The van der Waals surface area contributed by atoms with Crippen LogP contribution in [0.1, 0.15) is 34.4 Å². The summed E-state index contributed by atoms with van der Waals surface area (Å²) in [5, 5.41) is 11.7. The molecule has 1 amide bonds. The fraction of sp³-hybridized carbons (Fsp3) is 0.467. The number of thioether (sulfide) groups is 1. The molecule has 2 aromatic heterocycles. The molecule has 0 saturated carbocycles. The molecular formula is C15H21N5O2S. The van der Waals surface area contributed by atoms with E-state index < -0.39 is 0 Å². The van der Waals surface area contributed by atoms with Gasteiger partial charge in [-0.25, -0.2) is 0 Å². The van der Waals surface area contributed by atoms with Gasteiger partial charge in [-0.2, -0.15) is 0 Å². The number of aromatic nitrogens is 4. The van der Waals surface area contributed by atoms with Gasteiger partial charge >= 0.3 is 0 Å². The molecule has 2 heterocycles. The van der Waals surface area contributed by atoms with E-state index in [4.69, 9.17) is 0 Å². The number of aromatic amines is 1. The van der Waals surface area contributed by atoms with Crippen LogP contribution in [0, 0.1) is 20.8 Å². The molecule has 0 bridgehead atoms. The summed E-state index contributed by atoms with van der Waals surface area (Å²) in [4.78, 5) is 26.6. The second-order valence-corrected chi connectivity index (χ2v) is 6.26. The molecule has 0 aromatic carbocycles. The first-order valence-corrected chi connectivity index (χ1v) is 8.44. The summed E-state index contributed by atoms with van der Waals surface area (Å²) in [5.74, 6) is 1.18. The summed E-state index contributed by atoms with van der Waals surface area (Å²) in [5.41, 5.74) is 1.44. The Balaban J connectivity index is 1.90. The predicted octanol–water partition coefficient (Wildman–Crippen LogP) is 1.43. The first-order valence-electron chi connectivity index (χ1n) is 7.45. The smallest absolute Gasteiger partial charge is 0.261 e. The van der Waals surface area contributed by atoms with Crippen LogP contribution in [0.25, 0.3) is 0 Å². The summed E-state index contributed by atoms with van der Waals surface area (Å²) in [7, 11) is 0. The number of carbonyl (C=O) groups excluding carboxylic acids is 1. The Hall–Kier alpha value is -2.09. The second-order valence-electron chi connectivity index (χ2n) is 5.20. The van der Waals surface area contributed by atoms with Gasteiger partial charge in [-0.3, -0.25) is 9.59 Å². The van der Waals surface area contributed by atoms with E-state index in [0.29, 0.717) is 12.3 Å². The number of H-pyrrole nitrogens is 1. The molecule has 0 saturated heterocycles. The van der Waals surface area contributed by atoms with Gasteiger partial charge in [-0.15, -0.1) is 10.2 Å². The van der Waals surface area contributed by atoms with E-state index in [9.17, 15) is 9.59 Å². The van der Waals surface area contributed by atoms with E-state index >= 15 is 0 Å². The van der Waals surface area contributed by atoms with E-state index in [2.05, 4.69) is 20.5 Å². The number of rotatable bonds is 6. The molecule has 0 atom stereocenters. The van der Waals surface area contributed by atoms with Crippen molar-refractivity contribution in [3.05, 3.63) is 39.1 Å². The van der Waals surface area contributed by atoms with Crippen molar-refractivity contribution in [3.8, 4) is 0 Å². The van der Waals surface area contributed by atoms with Gasteiger partial charge in [0, 0.05) is 24.5 Å². The van der Waals surface area contributed by atoms with Gasteiger partial charge in [0.25, 0.3) is 11.5 Å². The van der Waals surface area contributed by atoms with Gasteiger partial charge in [0.05, 0.1) is 0 Å². The quantitative estimate of drug-likeness (QED) is 0.615. The molecule has 2 aromatic rings. The van der Waals surface area contributed by atoms with Crippen LogP contribution in [-0.2, 0) is 6.54 Å². The Morgan fingerprint density at radius 2 is 2.09 bits per heavy atom. The Morgan fingerprint density at radius 3 is 2.78 bits per heavy atom. The average molecular weight is 335 g/mol. The summed E-state index contributed by atoms with van der Waals surface area (Å²) in [6.07, 6.45) is 0. The van der Waals surface area contributed by atoms with Crippen molar-refractivity contribution in [2.45, 2.75) is 39.4 Å². The van der Waals surface area contributed by atoms with E-state index in [1.165, 1.54) is 11.8 Å². The number of aryl methyl sites for hydroxylation is 3. The lowest BCUT2D eigenvalue weighted by atomic mass is 10.1. The Kier molecular flexibility index (Phi) is 5.59. The number of nitrogens with one attached hydrogen (secondary N) is 2. The maximum atomic E-state index is 12.1. The zero-order valence-electron chi connectivity index (χ0n) is 13.8. The van der Waals surface area contributed by atoms with Crippen LogP contribution in [-0.4, -0.2) is 38.0 Å². The lowest BCUT2D eigenvalue weighted by Gasteiger charge is -2.07. The largest absolute Gasteiger partial charge is 0.351 e. The van der Waals surface area contributed by atoms with Crippen molar-refractivity contribution in [1.29, 1.82) is 0 Å². The monoisotopic (exact) mass is 335 g/mol. The van der Waals surface area contributed by atoms with Crippen LogP contribution < -0.4 is 10.9 Å². The number of pyridine rings is 1. The lowest BCUT2D eigenvalue weighted by molar-refractivity contribution is 0.0954. The molecule has 124 valence electrons. The average Bonchev–Trinajstić information content (AvgIpc) is 2.87. The van der Waals surface area contributed by atoms with E-state index in [1.54, 1.807) is 13.0 Å². The second kappa shape index (κ2) is 7.45. The van der Waals surface area contributed by atoms with Crippen molar-refractivity contribution >= 4 is 17.7 Å². The highest BCUT2D eigenvalue weighted by atomic mass is 32.2. The third-order valence-corrected chi connectivity index (χ3v) is 4.55. The molecule has 0 radical (unpaired) electrons. The van der Waals surface area contributed by atoms with Gasteiger partial charge in [0.2, 0.25) is 0 Å². The molecule has 23 heavy (non-hydrogen) atoms. The van der Waals surface area contributed by atoms with Crippen molar-refractivity contribution in [3.63, 3.8) is 0 Å². The molecule has 0 aliphatic carbocycles. The topological polar surface area (TPSA) is 92.7 Å². The minimum atomic E-state index is -0.361. The zero-order chi connectivity index (χ0) is 17.0. The molecular weight excluding hydrogens is 314 g/mol.